The maximum absolute atomic E-state index is 13.2. The minimum atomic E-state index is -0.123. The molecule has 0 atom stereocenters. The predicted octanol–water partition coefficient (Wildman–Crippen LogP) is 1.51. The Balaban J connectivity index is 1.36. The van der Waals surface area contributed by atoms with Gasteiger partial charge in [0.15, 0.2) is 0 Å². The lowest BCUT2D eigenvalue weighted by atomic mass is 10.2. The number of morpholine rings is 1. The first-order valence-corrected chi connectivity index (χ1v) is 11.0. The first-order chi connectivity index (χ1) is 15.0. The average molecular weight is 446 g/mol. The molecule has 2 aliphatic rings. The summed E-state index contributed by atoms with van der Waals surface area (Å²) in [5, 5.41) is 4.85. The fourth-order valence-electron chi connectivity index (χ4n) is 4.03. The van der Waals surface area contributed by atoms with E-state index in [1.807, 2.05) is 42.2 Å². The molecule has 9 heteroatoms. The zero-order valence-corrected chi connectivity index (χ0v) is 18.6. The van der Waals surface area contributed by atoms with Gasteiger partial charge < -0.3 is 14.5 Å². The number of ether oxygens (including phenoxy) is 1. The van der Waals surface area contributed by atoms with Crippen molar-refractivity contribution in [1.29, 1.82) is 0 Å². The maximum atomic E-state index is 13.2. The molecule has 0 bridgehead atoms. The van der Waals surface area contributed by atoms with Gasteiger partial charge in [-0.25, -0.2) is 4.68 Å². The van der Waals surface area contributed by atoms with Gasteiger partial charge in [0.05, 0.1) is 37.6 Å². The van der Waals surface area contributed by atoms with E-state index in [1.165, 1.54) is 0 Å². The minimum absolute atomic E-state index is 0.110. The van der Waals surface area contributed by atoms with Crippen LogP contribution in [-0.4, -0.2) is 95.3 Å². The summed E-state index contributed by atoms with van der Waals surface area (Å²) in [6.45, 7) is 7.70. The van der Waals surface area contributed by atoms with Gasteiger partial charge in [0.1, 0.15) is 5.15 Å². The van der Waals surface area contributed by atoms with Crippen LogP contribution in [0.25, 0.3) is 0 Å². The van der Waals surface area contributed by atoms with Gasteiger partial charge >= 0.3 is 0 Å². The van der Waals surface area contributed by atoms with E-state index in [4.69, 9.17) is 16.3 Å². The van der Waals surface area contributed by atoms with Crippen molar-refractivity contribution < 1.29 is 14.3 Å². The first kappa shape index (κ1) is 21.8. The predicted molar refractivity (Wildman–Crippen MR) is 117 cm³/mol. The molecule has 0 N–H and O–H groups in total. The summed E-state index contributed by atoms with van der Waals surface area (Å²) >= 11 is 6.55. The van der Waals surface area contributed by atoms with Gasteiger partial charge in [-0.1, -0.05) is 41.9 Å². The van der Waals surface area contributed by atoms with E-state index >= 15 is 0 Å². The number of nitrogens with zero attached hydrogens (tertiary/aromatic N) is 5. The van der Waals surface area contributed by atoms with E-state index in [9.17, 15) is 9.59 Å². The highest BCUT2D eigenvalue weighted by atomic mass is 35.5. The lowest BCUT2D eigenvalue weighted by Crippen LogP contribution is -2.53. The highest BCUT2D eigenvalue weighted by molar-refractivity contribution is 6.33. The summed E-state index contributed by atoms with van der Waals surface area (Å²) < 4.78 is 7.00. The molecule has 0 spiro atoms. The summed E-state index contributed by atoms with van der Waals surface area (Å²) in [5.74, 6) is -0.0130. The van der Waals surface area contributed by atoms with Crippen LogP contribution in [0.3, 0.4) is 0 Å². The van der Waals surface area contributed by atoms with Gasteiger partial charge in [0, 0.05) is 39.3 Å². The number of halogens is 1. The molecule has 166 valence electrons. The van der Waals surface area contributed by atoms with E-state index in [0.29, 0.717) is 68.9 Å². The summed E-state index contributed by atoms with van der Waals surface area (Å²) in [5.41, 5.74) is 2.14. The van der Waals surface area contributed by atoms with Crippen molar-refractivity contribution in [1.82, 2.24) is 24.5 Å². The van der Waals surface area contributed by atoms with Gasteiger partial charge in [0.25, 0.3) is 5.91 Å². The first-order valence-electron chi connectivity index (χ1n) is 10.7. The molecule has 8 nitrogen and oxygen atoms in total. The van der Waals surface area contributed by atoms with Crippen molar-refractivity contribution in [2.75, 3.05) is 59.0 Å². The number of amides is 2. The third kappa shape index (κ3) is 5.08. The molecular formula is C22H28ClN5O3. The third-order valence-electron chi connectivity index (χ3n) is 5.84. The fraction of sp³-hybridized carbons (Fsp3) is 0.500. The van der Waals surface area contributed by atoms with Gasteiger partial charge in [-0.2, -0.15) is 5.10 Å². The molecule has 0 saturated carbocycles. The topological polar surface area (TPSA) is 70.9 Å². The second-order valence-electron chi connectivity index (χ2n) is 7.96. The smallest absolute Gasteiger partial charge is 0.259 e. The van der Waals surface area contributed by atoms with Crippen molar-refractivity contribution >= 4 is 23.4 Å². The number of aromatic nitrogens is 2. The standard InChI is InChI=1S/C22H28ClN5O3/c1-17-20(21(23)28(24-17)15-18-5-3-2-4-6-18)22(30)27-9-7-26(8-10-27)19(29)16-25-11-13-31-14-12-25/h2-6H,7-16H2,1H3. The van der Waals surface area contributed by atoms with Crippen molar-refractivity contribution in [3.8, 4) is 0 Å². The number of hydrogen-bond donors (Lipinski definition) is 0. The fourth-order valence-corrected chi connectivity index (χ4v) is 4.34. The Morgan fingerprint density at radius 1 is 1.00 bits per heavy atom. The van der Waals surface area contributed by atoms with Gasteiger partial charge in [-0.3, -0.25) is 14.5 Å². The molecule has 1 aromatic heterocycles. The molecule has 2 saturated heterocycles. The normalized spacial score (nSPS) is 17.7. The molecule has 2 fully saturated rings. The lowest BCUT2D eigenvalue weighted by molar-refractivity contribution is -0.134. The van der Waals surface area contributed by atoms with Crippen molar-refractivity contribution in [3.63, 3.8) is 0 Å². The van der Waals surface area contributed by atoms with E-state index in [0.717, 1.165) is 18.7 Å². The van der Waals surface area contributed by atoms with Crippen LogP contribution in [0.2, 0.25) is 5.15 Å². The average Bonchev–Trinajstić information content (AvgIpc) is 3.07. The van der Waals surface area contributed by atoms with E-state index in [-0.39, 0.29) is 11.8 Å². The number of aryl methyl sites for hydroxylation is 1. The molecule has 0 unspecified atom stereocenters. The monoisotopic (exact) mass is 445 g/mol. The Morgan fingerprint density at radius 2 is 1.65 bits per heavy atom. The summed E-state index contributed by atoms with van der Waals surface area (Å²) in [6, 6.07) is 9.89. The Morgan fingerprint density at radius 3 is 2.32 bits per heavy atom. The van der Waals surface area contributed by atoms with E-state index in [2.05, 4.69) is 10.00 Å². The number of hydrogen-bond acceptors (Lipinski definition) is 5. The number of rotatable bonds is 5. The van der Waals surface area contributed by atoms with Crippen LogP contribution in [0.15, 0.2) is 30.3 Å². The number of piperazine rings is 1. The molecule has 2 amide bonds. The highest BCUT2D eigenvalue weighted by Crippen LogP contribution is 2.23. The molecule has 2 aliphatic heterocycles. The third-order valence-corrected chi connectivity index (χ3v) is 6.22. The minimum Gasteiger partial charge on any atom is -0.379 e. The highest BCUT2D eigenvalue weighted by Gasteiger charge is 2.29. The lowest BCUT2D eigenvalue weighted by Gasteiger charge is -2.36. The van der Waals surface area contributed by atoms with Crippen molar-refractivity contribution in [3.05, 3.63) is 52.3 Å². The Hall–Kier alpha value is -2.42. The van der Waals surface area contributed by atoms with E-state index in [1.54, 1.807) is 9.58 Å². The number of benzene rings is 1. The van der Waals surface area contributed by atoms with Crippen LogP contribution in [0.5, 0.6) is 0 Å². The molecule has 31 heavy (non-hydrogen) atoms. The second kappa shape index (κ2) is 9.80. The Labute approximate surface area is 187 Å². The number of carbonyl (C=O) groups excluding carboxylic acids is 2. The molecule has 0 aliphatic carbocycles. The van der Waals surface area contributed by atoms with Crippen LogP contribution in [-0.2, 0) is 16.1 Å². The Bertz CT molecular complexity index is 919. The van der Waals surface area contributed by atoms with Crippen molar-refractivity contribution in [2.24, 2.45) is 0 Å². The van der Waals surface area contributed by atoms with Crippen LogP contribution >= 0.6 is 11.6 Å². The molecule has 4 rings (SSSR count). The van der Waals surface area contributed by atoms with E-state index < -0.39 is 0 Å². The molecular weight excluding hydrogens is 418 g/mol. The SMILES string of the molecule is Cc1nn(Cc2ccccc2)c(Cl)c1C(=O)N1CCN(C(=O)CN2CCOCC2)CC1. The van der Waals surface area contributed by atoms with Gasteiger partial charge in [0.2, 0.25) is 5.91 Å². The van der Waals surface area contributed by atoms with Crippen molar-refractivity contribution in [2.45, 2.75) is 13.5 Å². The molecule has 3 heterocycles. The second-order valence-corrected chi connectivity index (χ2v) is 8.31. The Kier molecular flexibility index (Phi) is 6.89. The summed E-state index contributed by atoms with van der Waals surface area (Å²) in [4.78, 5) is 31.5. The maximum Gasteiger partial charge on any atom is 0.259 e. The zero-order valence-electron chi connectivity index (χ0n) is 17.8. The zero-order chi connectivity index (χ0) is 21.8. The summed E-state index contributed by atoms with van der Waals surface area (Å²) in [6.07, 6.45) is 0. The van der Waals surface area contributed by atoms with Crippen LogP contribution in [0, 0.1) is 6.92 Å². The molecule has 0 radical (unpaired) electrons. The van der Waals surface area contributed by atoms with Crippen LogP contribution in [0.1, 0.15) is 21.6 Å². The quantitative estimate of drug-likeness (QED) is 0.697. The van der Waals surface area contributed by atoms with Crippen LogP contribution < -0.4 is 0 Å². The molecule has 1 aromatic carbocycles. The largest absolute Gasteiger partial charge is 0.379 e. The van der Waals surface area contributed by atoms with Gasteiger partial charge in [-0.15, -0.1) is 0 Å². The van der Waals surface area contributed by atoms with Gasteiger partial charge in [-0.05, 0) is 12.5 Å². The van der Waals surface area contributed by atoms with Crippen LogP contribution in [0.4, 0.5) is 0 Å². The number of carbonyl (C=O) groups is 2. The molecule has 2 aromatic rings. The summed E-state index contributed by atoms with van der Waals surface area (Å²) in [7, 11) is 0.